The molecule has 0 bridgehead atoms. The predicted molar refractivity (Wildman–Crippen MR) is 61.2 cm³/mol. The SMILES string of the molecule is Cc1ncc(C(=O)C[C@@]2(C(=O)O)CCOC2)cn1. The van der Waals surface area contributed by atoms with Crippen molar-refractivity contribution in [2.24, 2.45) is 5.41 Å². The third-order valence-electron chi connectivity index (χ3n) is 3.16. The first-order valence-corrected chi connectivity index (χ1v) is 5.66. The van der Waals surface area contributed by atoms with Gasteiger partial charge in [-0.05, 0) is 13.3 Å². The first-order chi connectivity index (χ1) is 8.53. The van der Waals surface area contributed by atoms with Crippen molar-refractivity contribution in [3.8, 4) is 0 Å². The van der Waals surface area contributed by atoms with Gasteiger partial charge in [0.1, 0.15) is 11.2 Å². The number of aryl methyl sites for hydroxylation is 1. The van der Waals surface area contributed by atoms with Gasteiger partial charge in [-0.1, -0.05) is 0 Å². The number of ketones is 1. The quantitative estimate of drug-likeness (QED) is 0.797. The van der Waals surface area contributed by atoms with E-state index >= 15 is 0 Å². The highest BCUT2D eigenvalue weighted by molar-refractivity contribution is 5.98. The van der Waals surface area contributed by atoms with E-state index in [0.29, 0.717) is 24.4 Å². The monoisotopic (exact) mass is 250 g/mol. The molecule has 2 rings (SSSR count). The van der Waals surface area contributed by atoms with Crippen LogP contribution in [-0.2, 0) is 9.53 Å². The number of carbonyl (C=O) groups excluding carboxylic acids is 1. The van der Waals surface area contributed by atoms with Crippen LogP contribution in [0.3, 0.4) is 0 Å². The molecule has 2 heterocycles. The van der Waals surface area contributed by atoms with E-state index in [0.717, 1.165) is 0 Å². The minimum Gasteiger partial charge on any atom is -0.481 e. The summed E-state index contributed by atoms with van der Waals surface area (Å²) in [5.74, 6) is -0.673. The van der Waals surface area contributed by atoms with E-state index in [1.54, 1.807) is 6.92 Å². The zero-order chi connectivity index (χ0) is 13.2. The molecule has 1 aliphatic rings. The molecule has 6 heteroatoms. The number of nitrogens with zero attached hydrogens (tertiary/aromatic N) is 2. The number of hydrogen-bond donors (Lipinski definition) is 1. The fourth-order valence-corrected chi connectivity index (χ4v) is 1.94. The van der Waals surface area contributed by atoms with E-state index in [-0.39, 0.29) is 18.8 Å². The number of rotatable bonds is 4. The Morgan fingerprint density at radius 1 is 1.44 bits per heavy atom. The summed E-state index contributed by atoms with van der Waals surface area (Å²) in [4.78, 5) is 31.2. The minimum absolute atomic E-state index is 0.0746. The normalized spacial score (nSPS) is 22.9. The maximum absolute atomic E-state index is 12.0. The maximum atomic E-state index is 12.0. The van der Waals surface area contributed by atoms with Crippen molar-refractivity contribution < 1.29 is 19.4 Å². The summed E-state index contributed by atoms with van der Waals surface area (Å²) >= 11 is 0. The average molecular weight is 250 g/mol. The molecule has 0 aromatic carbocycles. The molecule has 1 aliphatic heterocycles. The van der Waals surface area contributed by atoms with Gasteiger partial charge in [-0.15, -0.1) is 0 Å². The predicted octanol–water partition coefficient (Wildman–Crippen LogP) is 0.849. The Bertz CT molecular complexity index is 463. The summed E-state index contributed by atoms with van der Waals surface area (Å²) < 4.78 is 5.11. The Morgan fingerprint density at radius 2 is 2.11 bits per heavy atom. The topological polar surface area (TPSA) is 89.4 Å². The Hall–Kier alpha value is -1.82. The van der Waals surface area contributed by atoms with Crippen LogP contribution in [0.25, 0.3) is 0 Å². The second-order valence-electron chi connectivity index (χ2n) is 4.51. The summed E-state index contributed by atoms with van der Waals surface area (Å²) in [7, 11) is 0. The van der Waals surface area contributed by atoms with Crippen molar-refractivity contribution in [2.75, 3.05) is 13.2 Å². The van der Waals surface area contributed by atoms with Crippen LogP contribution in [0.1, 0.15) is 29.0 Å². The molecule has 0 unspecified atom stereocenters. The second-order valence-corrected chi connectivity index (χ2v) is 4.51. The van der Waals surface area contributed by atoms with Crippen LogP contribution in [0.5, 0.6) is 0 Å². The third kappa shape index (κ3) is 2.38. The third-order valence-corrected chi connectivity index (χ3v) is 3.16. The fourth-order valence-electron chi connectivity index (χ4n) is 1.94. The van der Waals surface area contributed by atoms with Crippen molar-refractivity contribution in [2.45, 2.75) is 19.8 Å². The lowest BCUT2D eigenvalue weighted by molar-refractivity contribution is -0.148. The Kier molecular flexibility index (Phi) is 3.38. The summed E-state index contributed by atoms with van der Waals surface area (Å²) in [5, 5.41) is 9.24. The number of hydrogen-bond acceptors (Lipinski definition) is 5. The first kappa shape index (κ1) is 12.6. The fraction of sp³-hybridized carbons (Fsp3) is 0.500. The second kappa shape index (κ2) is 4.81. The zero-order valence-corrected chi connectivity index (χ0v) is 10.0. The highest BCUT2D eigenvalue weighted by Gasteiger charge is 2.44. The van der Waals surface area contributed by atoms with Crippen LogP contribution in [0.4, 0.5) is 0 Å². The van der Waals surface area contributed by atoms with Crippen molar-refractivity contribution in [1.82, 2.24) is 9.97 Å². The van der Waals surface area contributed by atoms with Crippen LogP contribution < -0.4 is 0 Å². The van der Waals surface area contributed by atoms with Crippen molar-refractivity contribution in [1.29, 1.82) is 0 Å². The minimum atomic E-state index is -1.10. The number of aromatic nitrogens is 2. The van der Waals surface area contributed by atoms with Crippen molar-refractivity contribution >= 4 is 11.8 Å². The molecule has 0 aliphatic carbocycles. The van der Waals surface area contributed by atoms with Gasteiger partial charge in [-0.3, -0.25) is 9.59 Å². The van der Waals surface area contributed by atoms with Gasteiger partial charge < -0.3 is 9.84 Å². The number of carboxylic acid groups (broad SMARTS) is 1. The number of aliphatic carboxylic acids is 1. The highest BCUT2D eigenvalue weighted by Crippen LogP contribution is 2.33. The van der Waals surface area contributed by atoms with E-state index in [2.05, 4.69) is 9.97 Å². The molecule has 1 fully saturated rings. The molecule has 18 heavy (non-hydrogen) atoms. The summed E-state index contributed by atoms with van der Waals surface area (Å²) in [6, 6.07) is 0. The Labute approximate surface area is 104 Å². The van der Waals surface area contributed by atoms with E-state index in [4.69, 9.17) is 4.74 Å². The molecule has 0 saturated carbocycles. The molecule has 1 saturated heterocycles. The molecule has 1 atom stereocenters. The standard InChI is InChI=1S/C12H14N2O4/c1-8-13-5-9(6-14-8)10(15)4-12(11(16)17)2-3-18-7-12/h5-6H,2-4,7H2,1H3,(H,16,17)/t12-/m0/s1. The lowest BCUT2D eigenvalue weighted by atomic mass is 9.81. The van der Waals surface area contributed by atoms with Crippen LogP contribution in [0.2, 0.25) is 0 Å². The summed E-state index contributed by atoms with van der Waals surface area (Å²) in [6.45, 7) is 2.18. The molecular weight excluding hydrogens is 236 g/mol. The smallest absolute Gasteiger partial charge is 0.312 e. The average Bonchev–Trinajstić information content (AvgIpc) is 2.79. The van der Waals surface area contributed by atoms with Gasteiger partial charge in [-0.2, -0.15) is 0 Å². The number of Topliss-reactive ketones (excluding diaryl/α,β-unsaturated/α-hetero) is 1. The van der Waals surface area contributed by atoms with Gasteiger partial charge in [0.25, 0.3) is 0 Å². The summed E-state index contributed by atoms with van der Waals surface area (Å²) in [5.41, 5.74) is -0.754. The van der Waals surface area contributed by atoms with E-state index in [1.807, 2.05) is 0 Å². The van der Waals surface area contributed by atoms with Crippen LogP contribution in [0, 0.1) is 12.3 Å². The van der Waals surface area contributed by atoms with Crippen molar-refractivity contribution in [3.05, 3.63) is 23.8 Å². The van der Waals surface area contributed by atoms with Crippen LogP contribution >= 0.6 is 0 Å². The van der Waals surface area contributed by atoms with Gasteiger partial charge in [0.15, 0.2) is 5.78 Å². The highest BCUT2D eigenvalue weighted by atomic mass is 16.5. The van der Waals surface area contributed by atoms with E-state index < -0.39 is 11.4 Å². The first-order valence-electron chi connectivity index (χ1n) is 5.66. The Morgan fingerprint density at radius 3 is 2.61 bits per heavy atom. The Balaban J connectivity index is 2.15. The van der Waals surface area contributed by atoms with Crippen LogP contribution in [0.15, 0.2) is 12.4 Å². The van der Waals surface area contributed by atoms with E-state index in [1.165, 1.54) is 12.4 Å². The largest absolute Gasteiger partial charge is 0.481 e. The summed E-state index contributed by atoms with van der Waals surface area (Å²) in [6.07, 6.45) is 3.14. The molecule has 1 aromatic heterocycles. The molecule has 6 nitrogen and oxygen atoms in total. The van der Waals surface area contributed by atoms with Gasteiger partial charge in [0, 0.05) is 25.4 Å². The van der Waals surface area contributed by atoms with Crippen LogP contribution in [-0.4, -0.2) is 40.0 Å². The van der Waals surface area contributed by atoms with Gasteiger partial charge in [-0.25, -0.2) is 9.97 Å². The number of ether oxygens (including phenoxy) is 1. The van der Waals surface area contributed by atoms with Crippen molar-refractivity contribution in [3.63, 3.8) is 0 Å². The number of carbonyl (C=O) groups is 2. The molecule has 0 spiro atoms. The van der Waals surface area contributed by atoms with Gasteiger partial charge in [0.2, 0.25) is 0 Å². The molecule has 0 amide bonds. The lowest BCUT2D eigenvalue weighted by Crippen LogP contribution is -2.34. The van der Waals surface area contributed by atoms with E-state index in [9.17, 15) is 14.7 Å². The molecule has 96 valence electrons. The number of carboxylic acids is 1. The maximum Gasteiger partial charge on any atom is 0.312 e. The lowest BCUT2D eigenvalue weighted by Gasteiger charge is -2.20. The molecular formula is C12H14N2O4. The molecule has 0 radical (unpaired) electrons. The molecule has 1 N–H and O–H groups in total. The molecule has 1 aromatic rings. The van der Waals surface area contributed by atoms with Gasteiger partial charge in [0.05, 0.1) is 12.2 Å². The van der Waals surface area contributed by atoms with Gasteiger partial charge >= 0.3 is 5.97 Å². The zero-order valence-electron chi connectivity index (χ0n) is 10.0.